The maximum absolute atomic E-state index is 13.4. The van der Waals surface area contributed by atoms with Crippen LogP contribution in [0.25, 0.3) is 0 Å². The number of sulfone groups is 1. The SMILES string of the molecule is COC[C@@]1(C(N)=S)[C@H](S(=O)(=O)c2ccc(C)cc2)[C@@H]1c1ccc(Br)cc1. The van der Waals surface area contributed by atoms with Crippen molar-refractivity contribution in [2.75, 3.05) is 13.7 Å². The van der Waals surface area contributed by atoms with Crippen molar-refractivity contribution in [3.8, 4) is 0 Å². The Hall–Kier alpha value is -1.28. The Morgan fingerprint density at radius 2 is 1.77 bits per heavy atom. The lowest BCUT2D eigenvalue weighted by Gasteiger charge is -2.16. The van der Waals surface area contributed by atoms with Crippen LogP contribution in [0, 0.1) is 12.3 Å². The van der Waals surface area contributed by atoms with Crippen LogP contribution in [0.4, 0.5) is 0 Å². The number of methoxy groups -OCH3 is 1. The third-order valence-electron chi connectivity index (χ3n) is 5.01. The van der Waals surface area contributed by atoms with Gasteiger partial charge in [0.25, 0.3) is 0 Å². The van der Waals surface area contributed by atoms with E-state index in [4.69, 9.17) is 22.7 Å². The third kappa shape index (κ3) is 3.11. The summed E-state index contributed by atoms with van der Waals surface area (Å²) in [6, 6.07) is 14.5. The molecule has 0 aromatic heterocycles. The van der Waals surface area contributed by atoms with Crippen molar-refractivity contribution < 1.29 is 13.2 Å². The summed E-state index contributed by atoms with van der Waals surface area (Å²) in [5, 5.41) is -0.740. The number of nitrogens with two attached hydrogens (primary N) is 1. The Balaban J connectivity index is 2.11. The molecular formula is C19H20BrNO3S2. The van der Waals surface area contributed by atoms with Gasteiger partial charge in [0.2, 0.25) is 0 Å². The zero-order chi connectivity index (χ0) is 19.1. The molecule has 7 heteroatoms. The Kier molecular flexibility index (Phi) is 5.27. The molecule has 0 heterocycles. The summed E-state index contributed by atoms with van der Waals surface area (Å²) in [5.41, 5.74) is 7.03. The number of aryl methyl sites for hydroxylation is 1. The first kappa shape index (κ1) is 19.5. The van der Waals surface area contributed by atoms with Gasteiger partial charge >= 0.3 is 0 Å². The highest BCUT2D eigenvalue weighted by Crippen LogP contribution is 2.64. The number of thiocarbonyl (C=S) groups is 1. The second-order valence-electron chi connectivity index (χ2n) is 6.65. The van der Waals surface area contributed by atoms with Gasteiger partial charge in [-0.25, -0.2) is 8.42 Å². The summed E-state index contributed by atoms with van der Waals surface area (Å²) in [6.45, 7) is 2.08. The quantitative estimate of drug-likeness (QED) is 0.676. The molecular weight excluding hydrogens is 434 g/mol. The van der Waals surface area contributed by atoms with Crippen LogP contribution in [0.2, 0.25) is 0 Å². The molecule has 1 fully saturated rings. The molecule has 0 amide bonds. The molecule has 0 aliphatic heterocycles. The van der Waals surface area contributed by atoms with E-state index in [0.717, 1.165) is 15.6 Å². The van der Waals surface area contributed by atoms with E-state index in [9.17, 15) is 8.42 Å². The molecule has 2 aromatic carbocycles. The van der Waals surface area contributed by atoms with Crippen molar-refractivity contribution in [2.24, 2.45) is 11.1 Å². The highest BCUT2D eigenvalue weighted by Gasteiger charge is 2.73. The number of ether oxygens (including phenoxy) is 1. The van der Waals surface area contributed by atoms with Gasteiger partial charge in [-0.05, 0) is 36.8 Å². The molecule has 138 valence electrons. The largest absolute Gasteiger partial charge is 0.393 e. The minimum Gasteiger partial charge on any atom is -0.393 e. The zero-order valence-corrected chi connectivity index (χ0v) is 17.7. The minimum absolute atomic E-state index is 0.165. The molecule has 1 saturated carbocycles. The van der Waals surface area contributed by atoms with E-state index >= 15 is 0 Å². The average Bonchev–Trinajstić information content (AvgIpc) is 3.27. The minimum atomic E-state index is -3.62. The number of hydrogen-bond acceptors (Lipinski definition) is 4. The zero-order valence-electron chi connectivity index (χ0n) is 14.5. The second-order valence-corrected chi connectivity index (χ2v) is 10.1. The lowest BCUT2D eigenvalue weighted by Crippen LogP contribution is -2.33. The predicted molar refractivity (Wildman–Crippen MR) is 110 cm³/mol. The van der Waals surface area contributed by atoms with Crippen LogP contribution >= 0.6 is 28.1 Å². The molecule has 0 saturated heterocycles. The maximum Gasteiger partial charge on any atom is 0.182 e. The van der Waals surface area contributed by atoms with Crippen molar-refractivity contribution in [1.82, 2.24) is 0 Å². The summed E-state index contributed by atoms with van der Waals surface area (Å²) in [5.74, 6) is -0.334. The molecule has 3 atom stereocenters. The number of rotatable bonds is 6. The summed E-state index contributed by atoms with van der Waals surface area (Å²) in [4.78, 5) is 0.456. The van der Waals surface area contributed by atoms with Crippen molar-refractivity contribution in [3.05, 3.63) is 64.1 Å². The van der Waals surface area contributed by atoms with Crippen LogP contribution in [0.15, 0.2) is 57.9 Å². The van der Waals surface area contributed by atoms with E-state index in [1.54, 1.807) is 24.3 Å². The lowest BCUT2D eigenvalue weighted by atomic mass is 10.00. The van der Waals surface area contributed by atoms with E-state index in [2.05, 4.69) is 15.9 Å². The van der Waals surface area contributed by atoms with Crippen molar-refractivity contribution in [3.63, 3.8) is 0 Å². The second kappa shape index (κ2) is 7.03. The lowest BCUT2D eigenvalue weighted by molar-refractivity contribution is 0.166. The van der Waals surface area contributed by atoms with Gasteiger partial charge in [0.15, 0.2) is 9.84 Å². The molecule has 26 heavy (non-hydrogen) atoms. The normalized spacial score (nSPS) is 25.0. The molecule has 2 aromatic rings. The maximum atomic E-state index is 13.4. The molecule has 0 bridgehead atoms. The van der Waals surface area contributed by atoms with Crippen molar-refractivity contribution in [1.29, 1.82) is 0 Å². The van der Waals surface area contributed by atoms with Gasteiger partial charge in [0, 0.05) is 17.5 Å². The van der Waals surface area contributed by atoms with Gasteiger partial charge in [0.1, 0.15) is 0 Å². The fourth-order valence-corrected chi connectivity index (χ4v) is 6.69. The highest BCUT2D eigenvalue weighted by molar-refractivity contribution is 9.10. The first-order chi connectivity index (χ1) is 12.2. The smallest absolute Gasteiger partial charge is 0.182 e. The van der Waals surface area contributed by atoms with E-state index in [1.807, 2.05) is 31.2 Å². The molecule has 3 rings (SSSR count). The van der Waals surface area contributed by atoms with Crippen LogP contribution in [-0.2, 0) is 14.6 Å². The van der Waals surface area contributed by atoms with Gasteiger partial charge in [0.05, 0.1) is 27.2 Å². The van der Waals surface area contributed by atoms with E-state index in [0.29, 0.717) is 0 Å². The molecule has 0 radical (unpaired) electrons. The summed E-state index contributed by atoms with van der Waals surface area (Å²) in [7, 11) is -2.09. The van der Waals surface area contributed by atoms with E-state index in [1.165, 1.54) is 7.11 Å². The first-order valence-electron chi connectivity index (χ1n) is 8.10. The Bertz CT molecular complexity index is 926. The van der Waals surface area contributed by atoms with Crippen LogP contribution < -0.4 is 5.73 Å². The number of hydrogen-bond donors (Lipinski definition) is 1. The molecule has 1 aliphatic rings. The third-order valence-corrected chi connectivity index (χ3v) is 8.21. The topological polar surface area (TPSA) is 69.4 Å². The van der Waals surface area contributed by atoms with Gasteiger partial charge < -0.3 is 10.5 Å². The molecule has 4 nitrogen and oxygen atoms in total. The van der Waals surface area contributed by atoms with Crippen LogP contribution in [-0.4, -0.2) is 32.4 Å². The molecule has 2 N–H and O–H groups in total. The van der Waals surface area contributed by atoms with Crippen LogP contribution in [0.5, 0.6) is 0 Å². The number of benzene rings is 2. The van der Waals surface area contributed by atoms with Crippen LogP contribution in [0.3, 0.4) is 0 Å². The molecule has 0 spiro atoms. The Morgan fingerprint density at radius 1 is 1.19 bits per heavy atom. The van der Waals surface area contributed by atoms with E-state index in [-0.39, 0.29) is 22.4 Å². The summed E-state index contributed by atoms with van der Waals surface area (Å²) < 4.78 is 33.0. The fourth-order valence-electron chi connectivity index (χ4n) is 3.65. The Morgan fingerprint density at radius 3 is 2.27 bits per heavy atom. The monoisotopic (exact) mass is 453 g/mol. The Labute approximate surface area is 167 Å². The van der Waals surface area contributed by atoms with Gasteiger partial charge in [-0.15, -0.1) is 0 Å². The standard InChI is InChI=1S/C19H20BrNO3S2/c1-12-3-9-15(10-4-12)26(22,23)17-16(13-5-7-14(20)8-6-13)19(17,11-24-2)18(21)25/h3-10,16-17H,11H2,1-2H3,(H2,21,25)/t16-,17+,19-/m0/s1. The molecule has 0 unspecified atom stereocenters. The highest BCUT2D eigenvalue weighted by atomic mass is 79.9. The van der Waals surface area contributed by atoms with Gasteiger partial charge in [-0.3, -0.25) is 0 Å². The molecule has 1 aliphatic carbocycles. The number of halogens is 1. The van der Waals surface area contributed by atoms with Crippen molar-refractivity contribution in [2.45, 2.75) is 23.0 Å². The average molecular weight is 454 g/mol. The summed E-state index contributed by atoms with van der Waals surface area (Å²) in [6.07, 6.45) is 0. The first-order valence-corrected chi connectivity index (χ1v) is 10.8. The van der Waals surface area contributed by atoms with E-state index < -0.39 is 20.5 Å². The van der Waals surface area contributed by atoms with Gasteiger partial charge in [-0.1, -0.05) is 58.0 Å². The van der Waals surface area contributed by atoms with Crippen molar-refractivity contribution >= 4 is 43.0 Å². The van der Waals surface area contributed by atoms with Crippen LogP contribution in [0.1, 0.15) is 17.0 Å². The summed E-state index contributed by atoms with van der Waals surface area (Å²) >= 11 is 8.71. The fraction of sp³-hybridized carbons (Fsp3) is 0.316. The predicted octanol–water partition coefficient (Wildman–Crippen LogP) is 3.62. The van der Waals surface area contributed by atoms with Gasteiger partial charge in [-0.2, -0.15) is 0 Å².